The van der Waals surface area contributed by atoms with Gasteiger partial charge < -0.3 is 4.90 Å². The van der Waals surface area contributed by atoms with Crippen molar-refractivity contribution < 1.29 is 0 Å². The van der Waals surface area contributed by atoms with E-state index in [-0.39, 0.29) is 0 Å². The summed E-state index contributed by atoms with van der Waals surface area (Å²) in [5.74, 6) is 1.05. The number of unbranched alkanes of at least 4 members (excludes halogenated alkanes) is 1. The average molecular weight is 159 g/mol. The highest BCUT2D eigenvalue weighted by Crippen LogP contribution is 2.08. The van der Waals surface area contributed by atoms with Gasteiger partial charge in [0, 0.05) is 0 Å². The Morgan fingerprint density at radius 1 is 1.10 bits per heavy atom. The van der Waals surface area contributed by atoms with Crippen molar-refractivity contribution in [3.05, 3.63) is 0 Å². The van der Waals surface area contributed by atoms with Crippen LogP contribution in [0.3, 0.4) is 0 Å². The maximum Gasteiger partial charge on any atom is -0.00183 e. The molecule has 0 aromatic carbocycles. The summed E-state index contributed by atoms with van der Waals surface area (Å²) in [6.45, 7) is 3.99. The van der Waals surface area contributed by atoms with Crippen molar-refractivity contribution >= 4 is 12.6 Å². The first kappa shape index (κ1) is 8.41. The SMILES string of the molecule is SCCCCN1CCCC1. The summed E-state index contributed by atoms with van der Waals surface area (Å²) >= 11 is 4.18. The first-order chi connectivity index (χ1) is 4.93. The lowest BCUT2D eigenvalue weighted by molar-refractivity contribution is 0.333. The Morgan fingerprint density at radius 3 is 2.40 bits per heavy atom. The highest BCUT2D eigenvalue weighted by molar-refractivity contribution is 7.80. The average Bonchev–Trinajstić information content (AvgIpc) is 2.41. The minimum Gasteiger partial charge on any atom is -0.303 e. The third kappa shape index (κ3) is 2.93. The van der Waals surface area contributed by atoms with Gasteiger partial charge in [-0.05, 0) is 51.1 Å². The molecule has 1 saturated heterocycles. The van der Waals surface area contributed by atoms with Gasteiger partial charge in [-0.25, -0.2) is 0 Å². The van der Waals surface area contributed by atoms with Crippen LogP contribution in [0.15, 0.2) is 0 Å². The van der Waals surface area contributed by atoms with Gasteiger partial charge in [-0.3, -0.25) is 0 Å². The molecule has 10 heavy (non-hydrogen) atoms. The fourth-order valence-corrected chi connectivity index (χ4v) is 1.68. The Kier molecular flexibility index (Phi) is 4.23. The smallest absolute Gasteiger partial charge is 0.00183 e. The van der Waals surface area contributed by atoms with Crippen LogP contribution in [-0.2, 0) is 0 Å². The first-order valence-electron chi connectivity index (χ1n) is 4.26. The summed E-state index contributed by atoms with van der Waals surface area (Å²) in [7, 11) is 0. The first-order valence-corrected chi connectivity index (χ1v) is 4.90. The van der Waals surface area contributed by atoms with E-state index in [9.17, 15) is 0 Å². The van der Waals surface area contributed by atoms with Crippen LogP contribution in [0.4, 0.5) is 0 Å². The van der Waals surface area contributed by atoms with Crippen LogP contribution in [0.1, 0.15) is 25.7 Å². The molecule has 1 aliphatic heterocycles. The number of thiol groups is 1. The number of rotatable bonds is 4. The highest BCUT2D eigenvalue weighted by Gasteiger charge is 2.09. The van der Waals surface area contributed by atoms with E-state index in [1.54, 1.807) is 0 Å². The monoisotopic (exact) mass is 159 g/mol. The molecular weight excluding hydrogens is 142 g/mol. The molecule has 0 N–H and O–H groups in total. The maximum atomic E-state index is 4.18. The van der Waals surface area contributed by atoms with E-state index >= 15 is 0 Å². The minimum absolute atomic E-state index is 1.05. The van der Waals surface area contributed by atoms with Crippen molar-refractivity contribution in [1.82, 2.24) is 4.90 Å². The lowest BCUT2D eigenvalue weighted by atomic mass is 10.3. The molecule has 0 aliphatic carbocycles. The van der Waals surface area contributed by atoms with Crippen molar-refractivity contribution in [2.24, 2.45) is 0 Å². The number of nitrogens with zero attached hydrogens (tertiary/aromatic N) is 1. The van der Waals surface area contributed by atoms with Gasteiger partial charge in [0.1, 0.15) is 0 Å². The number of hydrogen-bond acceptors (Lipinski definition) is 2. The highest BCUT2D eigenvalue weighted by atomic mass is 32.1. The molecular formula is C8H17NS. The molecule has 0 amide bonds. The largest absolute Gasteiger partial charge is 0.303 e. The molecule has 1 aliphatic rings. The zero-order valence-corrected chi connectivity index (χ0v) is 7.45. The molecule has 0 saturated carbocycles. The molecule has 1 heterocycles. The second kappa shape index (κ2) is 5.03. The van der Waals surface area contributed by atoms with Crippen LogP contribution in [0.25, 0.3) is 0 Å². The zero-order valence-electron chi connectivity index (χ0n) is 6.55. The summed E-state index contributed by atoms with van der Waals surface area (Å²) in [4.78, 5) is 2.56. The number of hydrogen-bond donors (Lipinski definition) is 1. The van der Waals surface area contributed by atoms with Crippen LogP contribution in [0, 0.1) is 0 Å². The van der Waals surface area contributed by atoms with Crippen LogP contribution in [-0.4, -0.2) is 30.3 Å². The van der Waals surface area contributed by atoms with E-state index in [1.807, 2.05) is 0 Å². The molecule has 0 atom stereocenters. The predicted molar refractivity (Wildman–Crippen MR) is 48.8 cm³/mol. The van der Waals surface area contributed by atoms with Crippen molar-refractivity contribution in [3.63, 3.8) is 0 Å². The van der Waals surface area contributed by atoms with E-state index in [2.05, 4.69) is 17.5 Å². The molecule has 1 rings (SSSR count). The molecule has 0 spiro atoms. The topological polar surface area (TPSA) is 3.24 Å². The predicted octanol–water partition coefficient (Wildman–Crippen LogP) is 1.79. The van der Waals surface area contributed by atoms with Gasteiger partial charge in [0.15, 0.2) is 0 Å². The maximum absolute atomic E-state index is 4.18. The van der Waals surface area contributed by atoms with Gasteiger partial charge in [0.25, 0.3) is 0 Å². The second-order valence-electron chi connectivity index (χ2n) is 2.98. The summed E-state index contributed by atoms with van der Waals surface area (Å²) < 4.78 is 0. The Bertz CT molecular complexity index is 79.3. The fraction of sp³-hybridized carbons (Fsp3) is 1.00. The summed E-state index contributed by atoms with van der Waals surface area (Å²) in [6.07, 6.45) is 5.45. The normalized spacial score (nSPS) is 20.1. The molecule has 0 bridgehead atoms. The Hall–Kier alpha value is 0.310. The van der Waals surface area contributed by atoms with E-state index in [0.29, 0.717) is 0 Å². The van der Waals surface area contributed by atoms with Crippen LogP contribution >= 0.6 is 12.6 Å². The summed E-state index contributed by atoms with van der Waals surface area (Å²) in [6, 6.07) is 0. The van der Waals surface area contributed by atoms with Gasteiger partial charge in [0.05, 0.1) is 0 Å². The zero-order chi connectivity index (χ0) is 7.23. The van der Waals surface area contributed by atoms with Gasteiger partial charge in [0.2, 0.25) is 0 Å². The second-order valence-corrected chi connectivity index (χ2v) is 3.43. The lowest BCUT2D eigenvalue weighted by Crippen LogP contribution is -2.20. The van der Waals surface area contributed by atoms with E-state index in [0.717, 1.165) is 5.75 Å². The molecule has 0 unspecified atom stereocenters. The van der Waals surface area contributed by atoms with Crippen LogP contribution < -0.4 is 0 Å². The Balaban J connectivity index is 1.91. The summed E-state index contributed by atoms with van der Waals surface area (Å²) in [5, 5.41) is 0. The van der Waals surface area contributed by atoms with E-state index < -0.39 is 0 Å². The Morgan fingerprint density at radius 2 is 1.80 bits per heavy atom. The summed E-state index contributed by atoms with van der Waals surface area (Å²) in [5.41, 5.74) is 0. The fourth-order valence-electron chi connectivity index (χ4n) is 1.45. The third-order valence-corrected chi connectivity index (χ3v) is 2.40. The van der Waals surface area contributed by atoms with Crippen LogP contribution in [0.2, 0.25) is 0 Å². The quantitative estimate of drug-likeness (QED) is 0.483. The van der Waals surface area contributed by atoms with Crippen molar-refractivity contribution in [1.29, 1.82) is 0 Å². The van der Waals surface area contributed by atoms with Crippen LogP contribution in [0.5, 0.6) is 0 Å². The molecule has 0 aromatic heterocycles. The molecule has 60 valence electrons. The molecule has 0 aromatic rings. The van der Waals surface area contributed by atoms with Gasteiger partial charge in [-0.2, -0.15) is 12.6 Å². The molecule has 1 fully saturated rings. The molecule has 1 nitrogen and oxygen atoms in total. The minimum atomic E-state index is 1.05. The lowest BCUT2D eigenvalue weighted by Gasteiger charge is -2.12. The third-order valence-electron chi connectivity index (χ3n) is 2.08. The van der Waals surface area contributed by atoms with Gasteiger partial charge in [-0.1, -0.05) is 0 Å². The number of likely N-dealkylation sites (tertiary alicyclic amines) is 1. The van der Waals surface area contributed by atoms with Crippen molar-refractivity contribution in [2.45, 2.75) is 25.7 Å². The van der Waals surface area contributed by atoms with Gasteiger partial charge >= 0.3 is 0 Å². The molecule has 0 radical (unpaired) electrons. The van der Waals surface area contributed by atoms with Crippen molar-refractivity contribution in [2.75, 3.05) is 25.4 Å². The standard InChI is InChI=1S/C8H17NS/c10-8-4-3-7-9-5-1-2-6-9/h10H,1-8H2. The van der Waals surface area contributed by atoms with E-state index in [1.165, 1.54) is 45.3 Å². The Labute approximate surface area is 69.2 Å². The van der Waals surface area contributed by atoms with Crippen molar-refractivity contribution in [3.8, 4) is 0 Å². The molecule has 2 heteroatoms. The van der Waals surface area contributed by atoms with E-state index in [4.69, 9.17) is 0 Å². The van der Waals surface area contributed by atoms with Gasteiger partial charge in [-0.15, -0.1) is 0 Å².